The van der Waals surface area contributed by atoms with Gasteiger partial charge in [-0.1, -0.05) is 23.7 Å². The molecule has 2 N–H and O–H groups in total. The summed E-state index contributed by atoms with van der Waals surface area (Å²) in [5.41, 5.74) is 1.73. The fourth-order valence-electron chi connectivity index (χ4n) is 1.74. The molecule has 2 rings (SSSR count). The molecule has 0 aliphatic rings. The Morgan fingerprint density at radius 3 is 2.62 bits per heavy atom. The molecule has 0 aliphatic carbocycles. The maximum Gasteiger partial charge on any atom is 0.240 e. The van der Waals surface area contributed by atoms with Crippen molar-refractivity contribution in [2.45, 2.75) is 11.4 Å². The molecular weight excluding hydrogens is 376 g/mol. The van der Waals surface area contributed by atoms with Gasteiger partial charge in [-0.2, -0.15) is 0 Å². The normalized spacial score (nSPS) is 11.4. The number of hydrogen-bond donors (Lipinski definition) is 2. The Morgan fingerprint density at radius 1 is 1.19 bits per heavy atom. The summed E-state index contributed by atoms with van der Waals surface area (Å²) in [5.74, 6) is 0. The SMILES string of the molecule is CNS(=O)(=O)c1cccc(NCc2ccc(Br)c(Cl)c2)c1. The lowest BCUT2D eigenvalue weighted by atomic mass is 10.2. The highest BCUT2D eigenvalue weighted by Gasteiger charge is 2.11. The van der Waals surface area contributed by atoms with Crippen molar-refractivity contribution in [2.75, 3.05) is 12.4 Å². The van der Waals surface area contributed by atoms with Crippen molar-refractivity contribution < 1.29 is 8.42 Å². The average molecular weight is 390 g/mol. The molecule has 7 heteroatoms. The van der Waals surface area contributed by atoms with Crippen molar-refractivity contribution in [3.63, 3.8) is 0 Å². The third-order valence-electron chi connectivity index (χ3n) is 2.89. The van der Waals surface area contributed by atoms with Crippen LogP contribution in [-0.4, -0.2) is 15.5 Å². The van der Waals surface area contributed by atoms with E-state index in [1.54, 1.807) is 18.2 Å². The smallest absolute Gasteiger partial charge is 0.240 e. The van der Waals surface area contributed by atoms with E-state index in [2.05, 4.69) is 26.0 Å². The lowest BCUT2D eigenvalue weighted by molar-refractivity contribution is 0.588. The monoisotopic (exact) mass is 388 g/mol. The van der Waals surface area contributed by atoms with Crippen LogP contribution in [0.15, 0.2) is 51.8 Å². The number of hydrogen-bond acceptors (Lipinski definition) is 3. The van der Waals surface area contributed by atoms with Gasteiger partial charge in [0.1, 0.15) is 0 Å². The van der Waals surface area contributed by atoms with Gasteiger partial charge in [-0.25, -0.2) is 13.1 Å². The molecule has 0 spiro atoms. The number of rotatable bonds is 5. The number of sulfonamides is 1. The zero-order valence-corrected chi connectivity index (χ0v) is 14.4. The molecule has 0 atom stereocenters. The van der Waals surface area contributed by atoms with E-state index in [0.717, 1.165) is 15.7 Å². The summed E-state index contributed by atoms with van der Waals surface area (Å²) in [6.07, 6.45) is 0. The third kappa shape index (κ3) is 4.20. The van der Waals surface area contributed by atoms with Gasteiger partial charge in [0.15, 0.2) is 0 Å². The van der Waals surface area contributed by atoms with Crippen molar-refractivity contribution in [3.05, 3.63) is 57.5 Å². The Bertz CT molecular complexity index is 750. The second kappa shape index (κ2) is 6.79. The Kier molecular flexibility index (Phi) is 5.27. The first-order valence-corrected chi connectivity index (χ1v) is 8.79. The number of nitrogens with one attached hydrogen (secondary N) is 2. The summed E-state index contributed by atoms with van der Waals surface area (Å²) >= 11 is 9.38. The highest BCUT2D eigenvalue weighted by molar-refractivity contribution is 9.10. The molecule has 2 aromatic rings. The topological polar surface area (TPSA) is 58.2 Å². The van der Waals surface area contributed by atoms with E-state index in [-0.39, 0.29) is 4.90 Å². The summed E-state index contributed by atoms with van der Waals surface area (Å²) in [5, 5.41) is 3.82. The number of benzene rings is 2. The highest BCUT2D eigenvalue weighted by atomic mass is 79.9. The van der Waals surface area contributed by atoms with E-state index in [1.807, 2.05) is 24.3 Å². The van der Waals surface area contributed by atoms with E-state index in [0.29, 0.717) is 11.6 Å². The second-order valence-corrected chi connectivity index (χ2v) is 7.49. The van der Waals surface area contributed by atoms with Gasteiger partial charge in [0.2, 0.25) is 10.0 Å². The van der Waals surface area contributed by atoms with Crippen molar-refractivity contribution in [2.24, 2.45) is 0 Å². The van der Waals surface area contributed by atoms with Gasteiger partial charge in [0.25, 0.3) is 0 Å². The first-order valence-electron chi connectivity index (χ1n) is 6.14. The molecule has 0 heterocycles. The molecule has 2 aromatic carbocycles. The van der Waals surface area contributed by atoms with Crippen LogP contribution in [0.5, 0.6) is 0 Å². The fourth-order valence-corrected chi connectivity index (χ4v) is 2.97. The van der Waals surface area contributed by atoms with Gasteiger partial charge < -0.3 is 5.32 Å². The zero-order valence-electron chi connectivity index (χ0n) is 11.2. The standard InChI is InChI=1S/C14H14BrClN2O2S/c1-17-21(19,20)12-4-2-3-11(8-12)18-9-10-5-6-13(15)14(16)7-10/h2-8,17-18H,9H2,1H3. The molecule has 0 radical (unpaired) electrons. The maximum atomic E-state index is 11.7. The number of anilines is 1. The van der Waals surface area contributed by atoms with Crippen molar-refractivity contribution >= 4 is 43.2 Å². The summed E-state index contributed by atoms with van der Waals surface area (Å²) in [6, 6.07) is 12.3. The molecule has 0 unspecified atom stereocenters. The molecule has 0 bridgehead atoms. The molecule has 0 amide bonds. The highest BCUT2D eigenvalue weighted by Crippen LogP contribution is 2.24. The molecule has 0 saturated carbocycles. The first-order chi connectivity index (χ1) is 9.92. The van der Waals surface area contributed by atoms with E-state index in [9.17, 15) is 8.42 Å². The van der Waals surface area contributed by atoms with Crippen LogP contribution in [0.25, 0.3) is 0 Å². The van der Waals surface area contributed by atoms with Crippen LogP contribution < -0.4 is 10.0 Å². The molecule has 0 fully saturated rings. The quantitative estimate of drug-likeness (QED) is 0.821. The molecular formula is C14H14BrClN2O2S. The summed E-state index contributed by atoms with van der Waals surface area (Å²) in [4.78, 5) is 0.226. The van der Waals surface area contributed by atoms with Gasteiger partial charge >= 0.3 is 0 Å². The van der Waals surface area contributed by atoms with Crippen LogP contribution >= 0.6 is 27.5 Å². The summed E-state index contributed by atoms with van der Waals surface area (Å²) in [7, 11) is -2.05. The van der Waals surface area contributed by atoms with Crippen LogP contribution in [0.2, 0.25) is 5.02 Å². The van der Waals surface area contributed by atoms with Gasteiger partial charge in [-0.05, 0) is 58.9 Å². The van der Waals surface area contributed by atoms with Crippen LogP contribution in [0.4, 0.5) is 5.69 Å². The molecule has 0 aliphatic heterocycles. The Hall–Kier alpha value is -1.08. The fraction of sp³-hybridized carbons (Fsp3) is 0.143. The minimum Gasteiger partial charge on any atom is -0.381 e. The predicted octanol–water partition coefficient (Wildman–Crippen LogP) is 3.62. The molecule has 21 heavy (non-hydrogen) atoms. The Morgan fingerprint density at radius 2 is 1.95 bits per heavy atom. The molecule has 4 nitrogen and oxygen atoms in total. The molecule has 0 aromatic heterocycles. The van der Waals surface area contributed by atoms with E-state index >= 15 is 0 Å². The van der Waals surface area contributed by atoms with Gasteiger partial charge in [-0.3, -0.25) is 0 Å². The van der Waals surface area contributed by atoms with Gasteiger partial charge in [0, 0.05) is 16.7 Å². The lowest BCUT2D eigenvalue weighted by Gasteiger charge is -2.09. The average Bonchev–Trinajstić information content (AvgIpc) is 2.49. The van der Waals surface area contributed by atoms with E-state index < -0.39 is 10.0 Å². The third-order valence-corrected chi connectivity index (χ3v) is 5.54. The van der Waals surface area contributed by atoms with Gasteiger partial charge in [0.05, 0.1) is 9.92 Å². The van der Waals surface area contributed by atoms with E-state index in [4.69, 9.17) is 11.6 Å². The Labute approximate surface area is 137 Å². The second-order valence-electron chi connectivity index (χ2n) is 4.34. The van der Waals surface area contributed by atoms with Crippen LogP contribution in [-0.2, 0) is 16.6 Å². The molecule has 112 valence electrons. The maximum absolute atomic E-state index is 11.7. The van der Waals surface area contributed by atoms with Crippen molar-refractivity contribution in [1.29, 1.82) is 0 Å². The largest absolute Gasteiger partial charge is 0.381 e. The van der Waals surface area contributed by atoms with E-state index in [1.165, 1.54) is 7.05 Å². The van der Waals surface area contributed by atoms with Crippen molar-refractivity contribution in [3.8, 4) is 0 Å². The minimum absolute atomic E-state index is 0.226. The number of halogens is 2. The summed E-state index contributed by atoms with van der Waals surface area (Å²) in [6.45, 7) is 0.552. The van der Waals surface area contributed by atoms with Crippen LogP contribution in [0.1, 0.15) is 5.56 Å². The van der Waals surface area contributed by atoms with Gasteiger partial charge in [-0.15, -0.1) is 0 Å². The first kappa shape index (κ1) is 16.3. The Balaban J connectivity index is 2.13. The molecule has 0 saturated heterocycles. The lowest BCUT2D eigenvalue weighted by Crippen LogP contribution is -2.18. The predicted molar refractivity (Wildman–Crippen MR) is 89.2 cm³/mol. The summed E-state index contributed by atoms with van der Waals surface area (Å²) < 4.78 is 26.6. The zero-order chi connectivity index (χ0) is 15.5. The van der Waals surface area contributed by atoms with Crippen molar-refractivity contribution in [1.82, 2.24) is 4.72 Å². The van der Waals surface area contributed by atoms with Crippen LogP contribution in [0, 0.1) is 0 Å². The van der Waals surface area contributed by atoms with Crippen LogP contribution in [0.3, 0.4) is 0 Å². The minimum atomic E-state index is -3.43.